The van der Waals surface area contributed by atoms with Crippen LogP contribution in [-0.4, -0.2) is 36.0 Å². The molecule has 112 valence electrons. The molecule has 0 bridgehead atoms. The summed E-state index contributed by atoms with van der Waals surface area (Å²) in [6, 6.07) is 0. The van der Waals surface area contributed by atoms with Crippen molar-refractivity contribution in [2.75, 3.05) is 13.7 Å². The lowest BCUT2D eigenvalue weighted by Crippen LogP contribution is -2.33. The Kier molecular flexibility index (Phi) is 5.00. The molecule has 0 saturated heterocycles. The first-order chi connectivity index (χ1) is 9.58. The minimum atomic E-state index is -0.499. The van der Waals surface area contributed by atoms with E-state index in [2.05, 4.69) is 4.98 Å². The van der Waals surface area contributed by atoms with Gasteiger partial charge in [-0.3, -0.25) is 4.98 Å². The van der Waals surface area contributed by atoms with E-state index in [0.717, 1.165) is 35.4 Å². The first-order valence-corrected chi connectivity index (χ1v) is 7.37. The second kappa shape index (κ2) is 6.55. The van der Waals surface area contributed by atoms with Crippen LogP contribution in [0.15, 0.2) is 6.20 Å². The highest BCUT2D eigenvalue weighted by atomic mass is 16.5. The third kappa shape index (κ3) is 3.30. The molecule has 1 aromatic heterocycles. The fraction of sp³-hybridized carbons (Fsp3) is 0.688. The summed E-state index contributed by atoms with van der Waals surface area (Å²) in [5.74, 6) is 1.37. The quantitative estimate of drug-likeness (QED) is 0.833. The zero-order chi connectivity index (χ0) is 14.7. The molecule has 0 radical (unpaired) electrons. The lowest BCUT2D eigenvalue weighted by Gasteiger charge is -2.23. The molecule has 20 heavy (non-hydrogen) atoms. The number of aliphatic hydroxyl groups excluding tert-OH is 1. The summed E-state index contributed by atoms with van der Waals surface area (Å²) in [7, 11) is 1.67. The van der Waals surface area contributed by atoms with Crippen molar-refractivity contribution in [2.24, 2.45) is 5.92 Å². The third-order valence-corrected chi connectivity index (χ3v) is 3.98. The minimum absolute atomic E-state index is 0.0616. The maximum atomic E-state index is 10.5. The van der Waals surface area contributed by atoms with Gasteiger partial charge in [0.1, 0.15) is 5.75 Å². The Morgan fingerprint density at radius 2 is 2.10 bits per heavy atom. The van der Waals surface area contributed by atoms with Gasteiger partial charge in [-0.1, -0.05) is 0 Å². The van der Waals surface area contributed by atoms with Crippen molar-refractivity contribution in [3.05, 3.63) is 23.0 Å². The molecule has 2 unspecified atom stereocenters. The van der Waals surface area contributed by atoms with Crippen molar-refractivity contribution in [1.82, 2.24) is 4.98 Å². The van der Waals surface area contributed by atoms with Crippen LogP contribution in [0, 0.1) is 19.8 Å². The molecule has 2 atom stereocenters. The molecular formula is C16H25NO3. The van der Waals surface area contributed by atoms with E-state index in [1.807, 2.05) is 20.8 Å². The number of rotatable bonds is 7. The van der Waals surface area contributed by atoms with Gasteiger partial charge in [0.2, 0.25) is 0 Å². The van der Waals surface area contributed by atoms with Gasteiger partial charge in [-0.25, -0.2) is 0 Å². The van der Waals surface area contributed by atoms with Gasteiger partial charge in [0, 0.05) is 36.0 Å². The zero-order valence-corrected chi connectivity index (χ0v) is 12.8. The molecule has 2 rings (SSSR count). The van der Waals surface area contributed by atoms with Crippen LogP contribution < -0.4 is 4.74 Å². The number of ether oxygens (including phenoxy) is 2. The molecule has 4 heteroatoms. The Morgan fingerprint density at radius 1 is 1.40 bits per heavy atom. The Hall–Kier alpha value is -1.13. The maximum absolute atomic E-state index is 10.5. The van der Waals surface area contributed by atoms with Gasteiger partial charge in [0.05, 0.1) is 19.3 Å². The molecule has 1 saturated carbocycles. The summed E-state index contributed by atoms with van der Waals surface area (Å²) in [4.78, 5) is 4.45. The Balaban J connectivity index is 2.12. The summed E-state index contributed by atoms with van der Waals surface area (Å²) >= 11 is 0. The molecule has 0 aliphatic heterocycles. The van der Waals surface area contributed by atoms with Crippen LogP contribution in [0.4, 0.5) is 0 Å². The van der Waals surface area contributed by atoms with Crippen molar-refractivity contribution < 1.29 is 14.6 Å². The SMILES string of the molecule is CCOC(C(O)Cc1ncc(C)c(OC)c1C)C1CC1. The molecule has 0 aromatic carbocycles. The second-order valence-electron chi connectivity index (χ2n) is 5.58. The largest absolute Gasteiger partial charge is 0.496 e. The molecule has 1 N–H and O–H groups in total. The number of hydrogen-bond donors (Lipinski definition) is 1. The lowest BCUT2D eigenvalue weighted by molar-refractivity contribution is -0.0443. The molecule has 1 fully saturated rings. The standard InChI is InChI=1S/C16H25NO3/c1-5-20-16(12-6-7-12)14(18)8-13-11(3)15(19-4)10(2)9-17-13/h9,12,14,16,18H,5-8H2,1-4H3. The molecule has 4 nitrogen and oxygen atoms in total. The van der Waals surface area contributed by atoms with Crippen molar-refractivity contribution in [3.8, 4) is 5.75 Å². The van der Waals surface area contributed by atoms with Gasteiger partial charge in [-0.2, -0.15) is 0 Å². The normalized spacial score (nSPS) is 17.9. The number of aromatic nitrogens is 1. The highest BCUT2D eigenvalue weighted by Gasteiger charge is 2.36. The van der Waals surface area contributed by atoms with E-state index < -0.39 is 6.10 Å². The topological polar surface area (TPSA) is 51.6 Å². The van der Waals surface area contributed by atoms with Crippen LogP contribution >= 0.6 is 0 Å². The van der Waals surface area contributed by atoms with Crippen molar-refractivity contribution in [3.63, 3.8) is 0 Å². The number of aryl methyl sites for hydroxylation is 1. The van der Waals surface area contributed by atoms with Crippen LogP contribution in [0.25, 0.3) is 0 Å². The van der Waals surface area contributed by atoms with Gasteiger partial charge in [0.15, 0.2) is 0 Å². The average Bonchev–Trinajstić information content (AvgIpc) is 3.24. The summed E-state index contributed by atoms with van der Waals surface area (Å²) in [5, 5.41) is 10.5. The molecule has 0 amide bonds. The molecule has 1 aliphatic carbocycles. The second-order valence-corrected chi connectivity index (χ2v) is 5.58. The van der Waals surface area contributed by atoms with Gasteiger partial charge in [-0.05, 0) is 39.5 Å². The van der Waals surface area contributed by atoms with E-state index in [0.29, 0.717) is 18.9 Å². The van der Waals surface area contributed by atoms with Crippen molar-refractivity contribution >= 4 is 0 Å². The number of aliphatic hydroxyl groups is 1. The van der Waals surface area contributed by atoms with E-state index >= 15 is 0 Å². The number of methoxy groups -OCH3 is 1. The predicted molar refractivity (Wildman–Crippen MR) is 78.1 cm³/mol. The minimum Gasteiger partial charge on any atom is -0.496 e. The molecule has 1 aliphatic rings. The highest BCUT2D eigenvalue weighted by molar-refractivity contribution is 5.41. The van der Waals surface area contributed by atoms with Crippen LogP contribution in [-0.2, 0) is 11.2 Å². The first kappa shape index (κ1) is 15.3. The predicted octanol–water partition coefficient (Wildman–Crippen LogP) is 2.43. The Morgan fingerprint density at radius 3 is 2.65 bits per heavy atom. The fourth-order valence-corrected chi connectivity index (χ4v) is 2.77. The van der Waals surface area contributed by atoms with Crippen LogP contribution in [0.5, 0.6) is 5.75 Å². The van der Waals surface area contributed by atoms with Gasteiger partial charge in [0.25, 0.3) is 0 Å². The third-order valence-electron chi connectivity index (χ3n) is 3.98. The average molecular weight is 279 g/mol. The summed E-state index contributed by atoms with van der Waals surface area (Å²) in [6.07, 6.45) is 4.08. The number of hydrogen-bond acceptors (Lipinski definition) is 4. The van der Waals surface area contributed by atoms with Crippen LogP contribution in [0.2, 0.25) is 0 Å². The van der Waals surface area contributed by atoms with Crippen molar-refractivity contribution in [1.29, 1.82) is 0 Å². The first-order valence-electron chi connectivity index (χ1n) is 7.37. The van der Waals surface area contributed by atoms with Crippen molar-refractivity contribution in [2.45, 2.75) is 52.2 Å². The Labute approximate surface area is 121 Å². The smallest absolute Gasteiger partial charge is 0.128 e. The highest BCUT2D eigenvalue weighted by Crippen LogP contribution is 2.37. The molecule has 1 heterocycles. The van der Waals surface area contributed by atoms with E-state index in [-0.39, 0.29) is 6.10 Å². The number of nitrogens with zero attached hydrogens (tertiary/aromatic N) is 1. The summed E-state index contributed by atoms with van der Waals surface area (Å²) in [6.45, 7) is 6.59. The van der Waals surface area contributed by atoms with Gasteiger partial charge < -0.3 is 14.6 Å². The molecule has 1 aromatic rings. The molecule has 0 spiro atoms. The molecular weight excluding hydrogens is 254 g/mol. The van der Waals surface area contributed by atoms with Crippen LogP contribution in [0.3, 0.4) is 0 Å². The van der Waals surface area contributed by atoms with Gasteiger partial charge in [-0.15, -0.1) is 0 Å². The summed E-state index contributed by atoms with van der Waals surface area (Å²) in [5.41, 5.74) is 2.93. The van der Waals surface area contributed by atoms with E-state index in [1.54, 1.807) is 13.3 Å². The van der Waals surface area contributed by atoms with Crippen LogP contribution in [0.1, 0.15) is 36.6 Å². The monoisotopic (exact) mass is 279 g/mol. The van der Waals surface area contributed by atoms with Gasteiger partial charge >= 0.3 is 0 Å². The Bertz CT molecular complexity index is 457. The number of pyridine rings is 1. The lowest BCUT2D eigenvalue weighted by atomic mass is 10.0. The van der Waals surface area contributed by atoms with E-state index in [9.17, 15) is 5.11 Å². The van der Waals surface area contributed by atoms with E-state index in [4.69, 9.17) is 9.47 Å². The zero-order valence-electron chi connectivity index (χ0n) is 12.8. The summed E-state index contributed by atoms with van der Waals surface area (Å²) < 4.78 is 11.1. The van der Waals surface area contributed by atoms with E-state index in [1.165, 1.54) is 0 Å². The maximum Gasteiger partial charge on any atom is 0.128 e. The fourth-order valence-electron chi connectivity index (χ4n) is 2.77.